The van der Waals surface area contributed by atoms with Crippen LogP contribution in [0.5, 0.6) is 0 Å². The first kappa shape index (κ1) is 21.4. The molecule has 2 aromatic heterocycles. The Kier molecular flexibility index (Phi) is 6.50. The van der Waals surface area contributed by atoms with Crippen LogP contribution in [0.15, 0.2) is 46.8 Å². The number of anilines is 3. The molecule has 1 aromatic carbocycles. The summed E-state index contributed by atoms with van der Waals surface area (Å²) < 4.78 is 6.13. The number of nitrogens with one attached hydrogen (secondary N) is 3. The van der Waals surface area contributed by atoms with Crippen molar-refractivity contribution in [3.63, 3.8) is 0 Å². The zero-order chi connectivity index (χ0) is 22.4. The van der Waals surface area contributed by atoms with Crippen LogP contribution in [0.25, 0.3) is 0 Å². The number of carbonyl (C=O) groups is 2. The molecule has 0 atom stereocenters. The van der Waals surface area contributed by atoms with Gasteiger partial charge in [0.2, 0.25) is 5.95 Å². The lowest BCUT2D eigenvalue weighted by atomic mass is 10.2. The Morgan fingerprint density at radius 3 is 2.26 bits per heavy atom. The van der Waals surface area contributed by atoms with Crippen LogP contribution in [0.4, 0.5) is 29.1 Å². The van der Waals surface area contributed by atoms with Gasteiger partial charge in [0, 0.05) is 26.7 Å². The molecule has 12 nitrogen and oxygen atoms in total. The minimum atomic E-state index is -0.583. The average Bonchev–Trinajstić information content (AvgIpc) is 3.17. The summed E-state index contributed by atoms with van der Waals surface area (Å²) in [6.45, 7) is 0. The van der Waals surface area contributed by atoms with E-state index in [4.69, 9.17) is 4.74 Å². The van der Waals surface area contributed by atoms with Crippen LogP contribution >= 0.6 is 0 Å². The summed E-state index contributed by atoms with van der Waals surface area (Å²) in [4.78, 5) is 32.9. The van der Waals surface area contributed by atoms with Crippen LogP contribution < -0.4 is 16.0 Å². The van der Waals surface area contributed by atoms with E-state index in [1.54, 1.807) is 45.4 Å². The number of esters is 1. The standard InChI is InChI=1S/C19H21N9O3/c1-20-14-13(26-27-16-12(18(30)31-4)10-22-28(16)3)15(21-2)24-19(23-14)25-17(29)11-8-6-5-7-9-11/h5-10H,1-4H3,(H3,20,21,23,24,25,29). The third-order valence-electron chi connectivity index (χ3n) is 4.18. The highest BCUT2D eigenvalue weighted by Crippen LogP contribution is 2.33. The molecule has 0 bridgehead atoms. The number of aryl methyl sites for hydroxylation is 1. The van der Waals surface area contributed by atoms with Crippen LogP contribution in [0.3, 0.4) is 0 Å². The summed E-state index contributed by atoms with van der Waals surface area (Å²) in [7, 11) is 6.18. The molecule has 1 amide bonds. The number of benzene rings is 1. The molecular weight excluding hydrogens is 402 g/mol. The molecule has 0 spiro atoms. The predicted molar refractivity (Wildman–Crippen MR) is 114 cm³/mol. The van der Waals surface area contributed by atoms with E-state index in [1.807, 2.05) is 6.07 Å². The van der Waals surface area contributed by atoms with Gasteiger partial charge in [0.1, 0.15) is 5.56 Å². The van der Waals surface area contributed by atoms with Crippen molar-refractivity contribution in [2.24, 2.45) is 17.3 Å². The SMILES string of the molecule is CNc1nc(NC(=O)c2ccccc2)nc(NC)c1N=Nc1c(C(=O)OC)cnn1C. The fourth-order valence-electron chi connectivity index (χ4n) is 2.62. The van der Waals surface area contributed by atoms with Crippen LogP contribution in [0, 0.1) is 0 Å². The third kappa shape index (κ3) is 4.63. The van der Waals surface area contributed by atoms with Crippen molar-refractivity contribution >= 4 is 41.0 Å². The minimum Gasteiger partial charge on any atom is -0.465 e. The van der Waals surface area contributed by atoms with E-state index in [9.17, 15) is 9.59 Å². The Morgan fingerprint density at radius 1 is 1.03 bits per heavy atom. The number of rotatable bonds is 7. The molecular formula is C19H21N9O3. The lowest BCUT2D eigenvalue weighted by molar-refractivity contribution is 0.0601. The van der Waals surface area contributed by atoms with Gasteiger partial charge in [0.15, 0.2) is 23.1 Å². The van der Waals surface area contributed by atoms with Gasteiger partial charge in [0.05, 0.1) is 13.3 Å². The van der Waals surface area contributed by atoms with Crippen LogP contribution in [-0.4, -0.2) is 52.8 Å². The van der Waals surface area contributed by atoms with Gasteiger partial charge in [-0.2, -0.15) is 15.1 Å². The smallest absolute Gasteiger partial charge is 0.343 e. The summed E-state index contributed by atoms with van der Waals surface area (Å²) in [6, 6.07) is 8.71. The van der Waals surface area contributed by atoms with Gasteiger partial charge in [0.25, 0.3) is 5.91 Å². The van der Waals surface area contributed by atoms with Crippen molar-refractivity contribution in [2.45, 2.75) is 0 Å². The molecule has 0 radical (unpaired) electrons. The van der Waals surface area contributed by atoms with Crippen molar-refractivity contribution in [1.29, 1.82) is 0 Å². The minimum absolute atomic E-state index is 0.0808. The molecule has 0 fully saturated rings. The number of methoxy groups -OCH3 is 1. The molecule has 0 aliphatic heterocycles. The zero-order valence-electron chi connectivity index (χ0n) is 17.4. The lowest BCUT2D eigenvalue weighted by Gasteiger charge is -2.11. The van der Waals surface area contributed by atoms with E-state index in [2.05, 4.69) is 41.2 Å². The van der Waals surface area contributed by atoms with Crippen LogP contribution in [-0.2, 0) is 11.8 Å². The maximum Gasteiger partial charge on any atom is 0.343 e. The van der Waals surface area contributed by atoms with Gasteiger partial charge >= 0.3 is 5.97 Å². The van der Waals surface area contributed by atoms with Gasteiger partial charge in [-0.3, -0.25) is 10.1 Å². The average molecular weight is 423 g/mol. The van der Waals surface area contributed by atoms with Gasteiger partial charge in [-0.15, -0.1) is 10.2 Å². The summed E-state index contributed by atoms with van der Waals surface area (Å²) in [6.07, 6.45) is 1.34. The number of azo groups is 1. The van der Waals surface area contributed by atoms with Crippen LogP contribution in [0.1, 0.15) is 20.7 Å². The quantitative estimate of drug-likeness (QED) is 0.388. The van der Waals surface area contributed by atoms with Gasteiger partial charge < -0.3 is 15.4 Å². The molecule has 0 unspecified atom stereocenters. The van der Waals surface area contributed by atoms with E-state index in [-0.39, 0.29) is 28.9 Å². The summed E-state index contributed by atoms with van der Waals surface area (Å²) in [5, 5.41) is 20.8. The van der Waals surface area contributed by atoms with E-state index in [0.717, 1.165) is 0 Å². The van der Waals surface area contributed by atoms with E-state index in [1.165, 1.54) is 18.0 Å². The Hall–Kier alpha value is -4.35. The van der Waals surface area contributed by atoms with Crippen molar-refractivity contribution in [3.8, 4) is 0 Å². The van der Waals surface area contributed by atoms with Gasteiger partial charge in [-0.1, -0.05) is 18.2 Å². The predicted octanol–water partition coefficient (Wildman–Crippen LogP) is 2.75. The number of carbonyl (C=O) groups excluding carboxylic acids is 2. The number of nitrogens with zero attached hydrogens (tertiary/aromatic N) is 6. The summed E-state index contributed by atoms with van der Waals surface area (Å²) >= 11 is 0. The van der Waals surface area contributed by atoms with Gasteiger partial charge in [-0.05, 0) is 12.1 Å². The number of aromatic nitrogens is 4. The van der Waals surface area contributed by atoms with E-state index >= 15 is 0 Å². The molecule has 0 saturated carbocycles. The number of amides is 1. The Bertz CT molecular complexity index is 1100. The molecule has 3 rings (SSSR count). The maximum atomic E-state index is 12.4. The first-order chi connectivity index (χ1) is 15.0. The third-order valence-corrected chi connectivity index (χ3v) is 4.18. The topological polar surface area (TPSA) is 148 Å². The second kappa shape index (κ2) is 9.43. The Labute approximate surface area is 177 Å². The molecule has 3 N–H and O–H groups in total. The molecule has 0 aliphatic carbocycles. The monoisotopic (exact) mass is 423 g/mol. The van der Waals surface area contributed by atoms with Gasteiger partial charge in [-0.25, -0.2) is 9.48 Å². The highest BCUT2D eigenvalue weighted by atomic mass is 16.5. The summed E-state index contributed by atoms with van der Waals surface area (Å²) in [5.74, 6) is -0.0205. The molecule has 0 aliphatic rings. The first-order valence-corrected chi connectivity index (χ1v) is 9.14. The van der Waals surface area contributed by atoms with Crippen molar-refractivity contribution < 1.29 is 14.3 Å². The van der Waals surface area contributed by atoms with Crippen molar-refractivity contribution in [2.75, 3.05) is 37.2 Å². The highest BCUT2D eigenvalue weighted by molar-refractivity contribution is 6.03. The number of hydrogen-bond donors (Lipinski definition) is 3. The van der Waals surface area contributed by atoms with Crippen molar-refractivity contribution in [1.82, 2.24) is 19.7 Å². The number of ether oxygens (including phenoxy) is 1. The van der Waals surface area contributed by atoms with E-state index in [0.29, 0.717) is 17.2 Å². The Balaban J connectivity index is 1.95. The molecule has 31 heavy (non-hydrogen) atoms. The molecule has 3 aromatic rings. The second-order valence-electron chi connectivity index (χ2n) is 6.11. The molecule has 0 saturated heterocycles. The number of hydrogen-bond acceptors (Lipinski definition) is 10. The fraction of sp³-hybridized carbons (Fsp3) is 0.211. The summed E-state index contributed by atoms with van der Waals surface area (Å²) in [5.41, 5.74) is 0.914. The van der Waals surface area contributed by atoms with E-state index < -0.39 is 5.97 Å². The molecule has 160 valence electrons. The van der Waals surface area contributed by atoms with Crippen molar-refractivity contribution in [3.05, 3.63) is 47.7 Å². The second-order valence-corrected chi connectivity index (χ2v) is 6.11. The zero-order valence-corrected chi connectivity index (χ0v) is 17.4. The molecule has 12 heteroatoms. The highest BCUT2D eigenvalue weighted by Gasteiger charge is 2.19. The fourth-order valence-corrected chi connectivity index (χ4v) is 2.62. The lowest BCUT2D eigenvalue weighted by Crippen LogP contribution is -2.15. The maximum absolute atomic E-state index is 12.4. The molecule has 2 heterocycles. The normalized spacial score (nSPS) is 10.7. The Morgan fingerprint density at radius 2 is 1.68 bits per heavy atom. The van der Waals surface area contributed by atoms with Crippen LogP contribution in [0.2, 0.25) is 0 Å². The largest absolute Gasteiger partial charge is 0.465 e. The first-order valence-electron chi connectivity index (χ1n) is 9.14.